The normalized spacial score (nSPS) is 11.3. The molecule has 0 heterocycles. The maximum absolute atomic E-state index is 7.78. The molecule has 0 amide bonds. The second-order valence-electron chi connectivity index (χ2n) is 8.20. The molecule has 0 aromatic heterocycles. The van der Waals surface area contributed by atoms with Gasteiger partial charge in [0.05, 0.1) is 5.71 Å². The highest BCUT2D eigenvalue weighted by atomic mass is 14.5. The molecule has 0 radical (unpaired) electrons. The molecule has 2 heteroatoms. The maximum Gasteiger partial charge on any atom is 0.0518 e. The van der Waals surface area contributed by atoms with Gasteiger partial charge in [0.15, 0.2) is 0 Å². The SMILES string of the molecule is C=C(C)C(C)(C)Cc1cccc(-c2cccc(CCCC(=N)C(C)=N)c2)c1. The first kappa shape index (κ1) is 20.8. The van der Waals surface area contributed by atoms with E-state index in [0.29, 0.717) is 17.8 Å². The van der Waals surface area contributed by atoms with E-state index in [0.717, 1.165) is 19.3 Å². The summed E-state index contributed by atoms with van der Waals surface area (Å²) in [5.74, 6) is 0. The molecule has 0 aliphatic rings. The smallest absolute Gasteiger partial charge is 0.0518 e. The summed E-state index contributed by atoms with van der Waals surface area (Å²) in [6.07, 6.45) is 3.50. The van der Waals surface area contributed by atoms with Crippen molar-refractivity contribution in [2.45, 2.75) is 53.4 Å². The zero-order chi connectivity index (χ0) is 20.0. The van der Waals surface area contributed by atoms with Crippen LogP contribution in [0.25, 0.3) is 11.1 Å². The fraction of sp³-hybridized carbons (Fsp3) is 0.360. The number of allylic oxidation sites excluding steroid dienone is 1. The Labute approximate surface area is 164 Å². The van der Waals surface area contributed by atoms with Gasteiger partial charge in [0.2, 0.25) is 0 Å². The number of hydrogen-bond donors (Lipinski definition) is 2. The average molecular weight is 361 g/mol. The molecule has 0 saturated carbocycles. The Morgan fingerprint density at radius 3 is 2.04 bits per heavy atom. The van der Waals surface area contributed by atoms with E-state index in [4.69, 9.17) is 10.8 Å². The predicted molar refractivity (Wildman–Crippen MR) is 118 cm³/mol. The van der Waals surface area contributed by atoms with Crippen LogP contribution in [0.5, 0.6) is 0 Å². The van der Waals surface area contributed by atoms with Crippen LogP contribution in [0.1, 0.15) is 51.7 Å². The lowest BCUT2D eigenvalue weighted by Crippen LogP contribution is -2.15. The minimum atomic E-state index is 0.0952. The average Bonchev–Trinajstić information content (AvgIpc) is 2.61. The van der Waals surface area contributed by atoms with Gasteiger partial charge in [-0.3, -0.25) is 0 Å². The van der Waals surface area contributed by atoms with Crippen molar-refractivity contribution in [2.24, 2.45) is 5.41 Å². The van der Waals surface area contributed by atoms with Crippen molar-refractivity contribution in [1.29, 1.82) is 10.8 Å². The predicted octanol–water partition coefficient (Wildman–Crippen LogP) is 6.88. The van der Waals surface area contributed by atoms with Gasteiger partial charge in [-0.05, 0) is 67.2 Å². The lowest BCUT2D eigenvalue weighted by atomic mass is 9.80. The van der Waals surface area contributed by atoms with E-state index in [1.165, 1.54) is 27.8 Å². The van der Waals surface area contributed by atoms with Gasteiger partial charge in [-0.25, -0.2) is 0 Å². The zero-order valence-electron chi connectivity index (χ0n) is 17.2. The Morgan fingerprint density at radius 2 is 1.48 bits per heavy atom. The van der Waals surface area contributed by atoms with Crippen LogP contribution in [0.2, 0.25) is 0 Å². The van der Waals surface area contributed by atoms with Gasteiger partial charge in [0.1, 0.15) is 0 Å². The van der Waals surface area contributed by atoms with Gasteiger partial charge in [0, 0.05) is 5.71 Å². The van der Waals surface area contributed by atoms with Crippen LogP contribution in [0.4, 0.5) is 0 Å². The molecule has 0 aliphatic carbocycles. The highest BCUT2D eigenvalue weighted by Gasteiger charge is 2.19. The molecule has 0 atom stereocenters. The minimum absolute atomic E-state index is 0.0952. The summed E-state index contributed by atoms with van der Waals surface area (Å²) < 4.78 is 0. The van der Waals surface area contributed by atoms with E-state index in [2.05, 4.69) is 75.9 Å². The number of nitrogens with one attached hydrogen (secondary N) is 2. The highest BCUT2D eigenvalue weighted by molar-refractivity contribution is 6.38. The first-order chi connectivity index (χ1) is 12.7. The Bertz CT molecular complexity index is 843. The molecular weight excluding hydrogens is 328 g/mol. The zero-order valence-corrected chi connectivity index (χ0v) is 17.2. The third kappa shape index (κ3) is 6.02. The van der Waals surface area contributed by atoms with Crippen LogP contribution in [0, 0.1) is 16.2 Å². The fourth-order valence-electron chi connectivity index (χ4n) is 3.09. The van der Waals surface area contributed by atoms with Crippen molar-refractivity contribution in [2.75, 3.05) is 0 Å². The molecule has 27 heavy (non-hydrogen) atoms. The second-order valence-corrected chi connectivity index (χ2v) is 8.20. The van der Waals surface area contributed by atoms with Crippen molar-refractivity contribution in [3.63, 3.8) is 0 Å². The summed E-state index contributed by atoms with van der Waals surface area (Å²) in [7, 11) is 0. The third-order valence-electron chi connectivity index (χ3n) is 5.33. The molecule has 0 aliphatic heterocycles. The standard InChI is InChI=1S/C25H32N2/c1-18(2)25(4,5)17-21-11-7-13-23(16-21)22-12-6-9-20(15-22)10-8-14-24(27)19(3)26/h6-7,9,11-13,15-16,26-27H,1,8,10,14,17H2,2-5H3. The lowest BCUT2D eigenvalue weighted by molar-refractivity contribution is 0.445. The Morgan fingerprint density at radius 1 is 0.926 bits per heavy atom. The highest BCUT2D eigenvalue weighted by Crippen LogP contribution is 2.31. The van der Waals surface area contributed by atoms with E-state index >= 15 is 0 Å². The summed E-state index contributed by atoms with van der Waals surface area (Å²) in [6, 6.07) is 17.5. The molecular formula is C25H32N2. The largest absolute Gasteiger partial charge is 0.304 e. The Kier molecular flexibility index (Phi) is 6.90. The van der Waals surface area contributed by atoms with Crippen LogP contribution >= 0.6 is 0 Å². The van der Waals surface area contributed by atoms with Crippen molar-refractivity contribution < 1.29 is 0 Å². The summed E-state index contributed by atoms with van der Waals surface area (Å²) >= 11 is 0. The van der Waals surface area contributed by atoms with Crippen LogP contribution in [-0.2, 0) is 12.8 Å². The number of rotatable bonds is 9. The summed E-state index contributed by atoms with van der Waals surface area (Å²) in [5, 5.41) is 15.3. The maximum atomic E-state index is 7.78. The van der Waals surface area contributed by atoms with Crippen molar-refractivity contribution in [1.82, 2.24) is 0 Å². The van der Waals surface area contributed by atoms with E-state index in [1.807, 2.05) is 0 Å². The van der Waals surface area contributed by atoms with E-state index < -0.39 is 0 Å². The van der Waals surface area contributed by atoms with Gasteiger partial charge in [-0.1, -0.05) is 74.5 Å². The molecule has 2 N–H and O–H groups in total. The summed E-state index contributed by atoms with van der Waals surface area (Å²) in [4.78, 5) is 0. The number of hydrogen-bond acceptors (Lipinski definition) is 2. The molecule has 0 unspecified atom stereocenters. The second kappa shape index (κ2) is 8.94. The molecule has 0 spiro atoms. The van der Waals surface area contributed by atoms with E-state index in [-0.39, 0.29) is 5.41 Å². The van der Waals surface area contributed by atoms with Gasteiger partial charge in [-0.15, -0.1) is 0 Å². The monoisotopic (exact) mass is 360 g/mol. The quantitative estimate of drug-likeness (QED) is 0.362. The van der Waals surface area contributed by atoms with Gasteiger partial charge in [-0.2, -0.15) is 0 Å². The van der Waals surface area contributed by atoms with Crippen LogP contribution in [0.3, 0.4) is 0 Å². The van der Waals surface area contributed by atoms with Crippen LogP contribution in [0.15, 0.2) is 60.7 Å². The minimum Gasteiger partial charge on any atom is -0.304 e. The molecule has 142 valence electrons. The number of aryl methyl sites for hydroxylation is 1. The van der Waals surface area contributed by atoms with Crippen molar-refractivity contribution >= 4 is 11.4 Å². The van der Waals surface area contributed by atoms with Crippen LogP contribution in [-0.4, -0.2) is 11.4 Å². The van der Waals surface area contributed by atoms with Crippen molar-refractivity contribution in [3.05, 3.63) is 71.8 Å². The molecule has 2 aromatic carbocycles. The van der Waals surface area contributed by atoms with Crippen molar-refractivity contribution in [3.8, 4) is 11.1 Å². The molecule has 0 saturated heterocycles. The first-order valence-electron chi connectivity index (χ1n) is 9.66. The van der Waals surface area contributed by atoms with E-state index in [9.17, 15) is 0 Å². The fourth-order valence-corrected chi connectivity index (χ4v) is 3.09. The number of benzene rings is 2. The Balaban J connectivity index is 2.12. The third-order valence-corrected chi connectivity index (χ3v) is 5.33. The van der Waals surface area contributed by atoms with Gasteiger partial charge in [0.25, 0.3) is 0 Å². The lowest BCUT2D eigenvalue weighted by Gasteiger charge is -2.25. The summed E-state index contributed by atoms with van der Waals surface area (Å²) in [5.41, 5.74) is 7.22. The summed E-state index contributed by atoms with van der Waals surface area (Å²) in [6.45, 7) is 12.4. The van der Waals surface area contributed by atoms with E-state index in [1.54, 1.807) is 6.92 Å². The molecule has 0 bridgehead atoms. The molecule has 0 fully saturated rings. The molecule has 2 rings (SSSR count). The van der Waals surface area contributed by atoms with Gasteiger partial charge < -0.3 is 10.8 Å². The molecule has 2 aromatic rings. The first-order valence-corrected chi connectivity index (χ1v) is 9.66. The van der Waals surface area contributed by atoms with Crippen LogP contribution < -0.4 is 0 Å². The Hall–Kier alpha value is -2.48. The topological polar surface area (TPSA) is 47.7 Å². The molecule has 2 nitrogen and oxygen atoms in total. The van der Waals surface area contributed by atoms with Gasteiger partial charge >= 0.3 is 0 Å².